The van der Waals surface area contributed by atoms with E-state index in [1.807, 2.05) is 6.92 Å². The second kappa shape index (κ2) is 5.08. The molecule has 0 spiro atoms. The van der Waals surface area contributed by atoms with Crippen molar-refractivity contribution < 1.29 is 8.42 Å². The van der Waals surface area contributed by atoms with Crippen LogP contribution in [0.25, 0.3) is 0 Å². The van der Waals surface area contributed by atoms with Crippen molar-refractivity contribution in [3.63, 3.8) is 0 Å². The SMILES string of the molecule is Cc1cc(S(=O)(=O)NCCC2CC2)ccc1Br. The molecule has 0 radical (unpaired) electrons. The molecule has 1 saturated carbocycles. The van der Waals surface area contributed by atoms with Gasteiger partial charge in [-0.1, -0.05) is 28.8 Å². The first-order chi connectivity index (χ1) is 7.99. The highest BCUT2D eigenvalue weighted by Gasteiger charge is 2.22. The number of sulfonamides is 1. The van der Waals surface area contributed by atoms with Gasteiger partial charge in [0.15, 0.2) is 0 Å². The molecular formula is C12H16BrNO2S. The second-order valence-corrected chi connectivity index (χ2v) is 7.16. The summed E-state index contributed by atoms with van der Waals surface area (Å²) in [6.45, 7) is 2.43. The van der Waals surface area contributed by atoms with Crippen molar-refractivity contribution in [3.05, 3.63) is 28.2 Å². The molecule has 2 rings (SSSR count). The standard InChI is InChI=1S/C12H16BrNO2S/c1-9-8-11(4-5-12(9)13)17(15,16)14-7-6-10-2-3-10/h4-5,8,10,14H,2-3,6-7H2,1H3. The highest BCUT2D eigenvalue weighted by molar-refractivity contribution is 9.10. The lowest BCUT2D eigenvalue weighted by molar-refractivity contribution is 0.575. The number of rotatable bonds is 5. The molecule has 0 unspecified atom stereocenters. The number of halogens is 1. The first-order valence-electron chi connectivity index (χ1n) is 5.75. The zero-order valence-electron chi connectivity index (χ0n) is 9.74. The van der Waals surface area contributed by atoms with Gasteiger partial charge < -0.3 is 0 Å². The van der Waals surface area contributed by atoms with Gasteiger partial charge in [-0.3, -0.25) is 0 Å². The van der Waals surface area contributed by atoms with Crippen LogP contribution in [0, 0.1) is 12.8 Å². The molecule has 0 atom stereocenters. The molecule has 1 aromatic rings. The Morgan fingerprint density at radius 1 is 1.41 bits per heavy atom. The fourth-order valence-corrected chi connectivity index (χ4v) is 3.05. The van der Waals surface area contributed by atoms with Gasteiger partial charge in [0.25, 0.3) is 0 Å². The predicted molar refractivity (Wildman–Crippen MR) is 71.4 cm³/mol. The first-order valence-corrected chi connectivity index (χ1v) is 8.02. The topological polar surface area (TPSA) is 46.2 Å². The van der Waals surface area contributed by atoms with Crippen molar-refractivity contribution in [2.75, 3.05) is 6.54 Å². The maximum Gasteiger partial charge on any atom is 0.240 e. The summed E-state index contributed by atoms with van der Waals surface area (Å²) in [5, 5.41) is 0. The van der Waals surface area contributed by atoms with Crippen LogP contribution in [-0.4, -0.2) is 15.0 Å². The molecular weight excluding hydrogens is 302 g/mol. The molecule has 0 bridgehead atoms. The van der Waals surface area contributed by atoms with Crippen molar-refractivity contribution in [1.29, 1.82) is 0 Å². The summed E-state index contributed by atoms with van der Waals surface area (Å²) in [5.74, 6) is 0.740. The van der Waals surface area contributed by atoms with Gasteiger partial charge in [-0.05, 0) is 43.0 Å². The van der Waals surface area contributed by atoms with Crippen LogP contribution in [0.3, 0.4) is 0 Å². The average molecular weight is 318 g/mol. The molecule has 0 amide bonds. The minimum absolute atomic E-state index is 0.342. The Bertz CT molecular complexity index is 509. The van der Waals surface area contributed by atoms with E-state index in [1.165, 1.54) is 12.8 Å². The Kier molecular flexibility index (Phi) is 3.90. The molecule has 3 nitrogen and oxygen atoms in total. The molecule has 0 saturated heterocycles. The van der Waals surface area contributed by atoms with Gasteiger partial charge in [0, 0.05) is 11.0 Å². The van der Waals surface area contributed by atoms with E-state index in [0.29, 0.717) is 11.4 Å². The third-order valence-corrected chi connectivity index (χ3v) is 5.33. The Labute approximate surface area is 111 Å². The highest BCUT2D eigenvalue weighted by Crippen LogP contribution is 2.31. The number of nitrogens with one attached hydrogen (secondary N) is 1. The molecule has 1 fully saturated rings. The number of benzene rings is 1. The molecule has 1 aliphatic rings. The van der Waals surface area contributed by atoms with E-state index in [0.717, 1.165) is 22.4 Å². The molecule has 5 heteroatoms. The van der Waals surface area contributed by atoms with E-state index in [4.69, 9.17) is 0 Å². The Morgan fingerprint density at radius 2 is 2.12 bits per heavy atom. The van der Waals surface area contributed by atoms with Crippen molar-refractivity contribution in [2.45, 2.75) is 31.1 Å². The van der Waals surface area contributed by atoms with Crippen LogP contribution in [-0.2, 0) is 10.0 Å². The monoisotopic (exact) mass is 317 g/mol. The van der Waals surface area contributed by atoms with Crippen LogP contribution < -0.4 is 4.72 Å². The van der Waals surface area contributed by atoms with Gasteiger partial charge in [0.05, 0.1) is 4.90 Å². The van der Waals surface area contributed by atoms with E-state index >= 15 is 0 Å². The molecule has 1 aromatic carbocycles. The van der Waals surface area contributed by atoms with Crippen LogP contribution in [0.5, 0.6) is 0 Å². The summed E-state index contributed by atoms with van der Waals surface area (Å²) in [6.07, 6.45) is 3.45. The molecule has 0 aromatic heterocycles. The van der Waals surface area contributed by atoms with Crippen LogP contribution in [0.15, 0.2) is 27.6 Å². The summed E-state index contributed by atoms with van der Waals surface area (Å²) in [5.41, 5.74) is 0.926. The number of hydrogen-bond acceptors (Lipinski definition) is 2. The fourth-order valence-electron chi connectivity index (χ4n) is 1.67. The Balaban J connectivity index is 2.04. The Hall–Kier alpha value is -0.390. The minimum atomic E-state index is -3.34. The maximum absolute atomic E-state index is 12.0. The lowest BCUT2D eigenvalue weighted by Crippen LogP contribution is -2.25. The predicted octanol–water partition coefficient (Wildman–Crippen LogP) is 2.84. The molecule has 0 aliphatic heterocycles. The lowest BCUT2D eigenvalue weighted by Gasteiger charge is -2.07. The number of hydrogen-bond donors (Lipinski definition) is 1. The van der Waals surface area contributed by atoms with E-state index in [2.05, 4.69) is 20.7 Å². The molecule has 1 N–H and O–H groups in total. The van der Waals surface area contributed by atoms with Crippen LogP contribution in [0.4, 0.5) is 0 Å². The fraction of sp³-hybridized carbons (Fsp3) is 0.500. The molecule has 17 heavy (non-hydrogen) atoms. The van der Waals surface area contributed by atoms with Crippen molar-refractivity contribution in [2.24, 2.45) is 5.92 Å². The quantitative estimate of drug-likeness (QED) is 0.907. The van der Waals surface area contributed by atoms with E-state index in [-0.39, 0.29) is 0 Å². The average Bonchev–Trinajstić information content (AvgIpc) is 3.05. The zero-order chi connectivity index (χ0) is 12.5. The lowest BCUT2D eigenvalue weighted by atomic mass is 10.2. The van der Waals surface area contributed by atoms with Crippen molar-refractivity contribution >= 4 is 26.0 Å². The van der Waals surface area contributed by atoms with Gasteiger partial charge >= 0.3 is 0 Å². The molecule has 0 heterocycles. The normalized spacial score (nSPS) is 16.1. The van der Waals surface area contributed by atoms with Crippen molar-refractivity contribution in [1.82, 2.24) is 4.72 Å². The third kappa shape index (κ3) is 3.53. The van der Waals surface area contributed by atoms with E-state index in [9.17, 15) is 8.42 Å². The number of aryl methyl sites for hydroxylation is 1. The van der Waals surface area contributed by atoms with Gasteiger partial charge in [-0.15, -0.1) is 0 Å². The van der Waals surface area contributed by atoms with Gasteiger partial charge in [-0.2, -0.15) is 0 Å². The van der Waals surface area contributed by atoms with Gasteiger partial charge in [-0.25, -0.2) is 13.1 Å². The Morgan fingerprint density at radius 3 is 2.71 bits per heavy atom. The summed E-state index contributed by atoms with van der Waals surface area (Å²) in [4.78, 5) is 0.342. The second-order valence-electron chi connectivity index (χ2n) is 4.54. The van der Waals surface area contributed by atoms with Gasteiger partial charge in [0.1, 0.15) is 0 Å². The minimum Gasteiger partial charge on any atom is -0.211 e. The van der Waals surface area contributed by atoms with Crippen LogP contribution >= 0.6 is 15.9 Å². The van der Waals surface area contributed by atoms with Crippen LogP contribution in [0.2, 0.25) is 0 Å². The smallest absolute Gasteiger partial charge is 0.211 e. The molecule has 94 valence electrons. The maximum atomic E-state index is 12.0. The summed E-state index contributed by atoms with van der Waals surface area (Å²) < 4.78 is 27.5. The van der Waals surface area contributed by atoms with E-state index < -0.39 is 10.0 Å². The summed E-state index contributed by atoms with van der Waals surface area (Å²) in [6, 6.07) is 5.07. The third-order valence-electron chi connectivity index (χ3n) is 2.98. The molecule has 1 aliphatic carbocycles. The summed E-state index contributed by atoms with van der Waals surface area (Å²) >= 11 is 3.36. The highest BCUT2D eigenvalue weighted by atomic mass is 79.9. The summed E-state index contributed by atoms with van der Waals surface area (Å²) in [7, 11) is -3.34. The van der Waals surface area contributed by atoms with Gasteiger partial charge in [0.2, 0.25) is 10.0 Å². The van der Waals surface area contributed by atoms with Crippen LogP contribution in [0.1, 0.15) is 24.8 Å². The first kappa shape index (κ1) is 13.1. The largest absolute Gasteiger partial charge is 0.240 e. The van der Waals surface area contributed by atoms with Crippen molar-refractivity contribution in [3.8, 4) is 0 Å². The zero-order valence-corrected chi connectivity index (χ0v) is 12.1. The van der Waals surface area contributed by atoms with E-state index in [1.54, 1.807) is 18.2 Å².